The van der Waals surface area contributed by atoms with Crippen LogP contribution in [0.25, 0.3) is 0 Å². The van der Waals surface area contributed by atoms with Crippen molar-refractivity contribution in [3.8, 4) is 0 Å². The van der Waals surface area contributed by atoms with Crippen molar-refractivity contribution in [3.05, 3.63) is 0 Å². The molecular formula is C17H26N2O3. The summed E-state index contributed by atoms with van der Waals surface area (Å²) in [6, 6.07) is 0.258. The molecule has 1 amide bonds. The third-order valence-corrected chi connectivity index (χ3v) is 6.54. The summed E-state index contributed by atoms with van der Waals surface area (Å²) in [5, 5.41) is 0. The predicted octanol–water partition coefficient (Wildman–Crippen LogP) is 1.45. The maximum atomic E-state index is 13.1. The first-order valence-electron chi connectivity index (χ1n) is 8.85. The van der Waals surface area contributed by atoms with E-state index in [1.165, 1.54) is 6.42 Å². The van der Waals surface area contributed by atoms with Gasteiger partial charge < -0.3 is 15.4 Å². The summed E-state index contributed by atoms with van der Waals surface area (Å²) in [6.45, 7) is 1.55. The average Bonchev–Trinajstić information content (AvgIpc) is 2.91. The minimum absolute atomic E-state index is 0.150. The maximum Gasteiger partial charge on any atom is 0.307 e. The van der Waals surface area contributed by atoms with Crippen LogP contribution in [-0.4, -0.2) is 41.5 Å². The molecule has 0 aromatic rings. The number of ether oxygens (including phenoxy) is 1. The van der Waals surface area contributed by atoms with Gasteiger partial charge >= 0.3 is 5.97 Å². The van der Waals surface area contributed by atoms with Crippen LogP contribution in [-0.2, 0) is 14.3 Å². The molecule has 22 heavy (non-hydrogen) atoms. The van der Waals surface area contributed by atoms with E-state index in [9.17, 15) is 9.59 Å². The van der Waals surface area contributed by atoms with Gasteiger partial charge in [0.05, 0.1) is 12.3 Å². The smallest absolute Gasteiger partial charge is 0.307 e. The summed E-state index contributed by atoms with van der Waals surface area (Å²) in [4.78, 5) is 27.0. The number of fused-ring (bicyclic) bond motifs is 2. The number of nitrogens with two attached hydrogens (primary N) is 1. The molecule has 5 heteroatoms. The highest BCUT2D eigenvalue weighted by Gasteiger charge is 2.55. The fourth-order valence-electron chi connectivity index (χ4n) is 5.27. The van der Waals surface area contributed by atoms with Crippen molar-refractivity contribution in [2.45, 2.75) is 63.0 Å². The van der Waals surface area contributed by atoms with Crippen LogP contribution < -0.4 is 5.73 Å². The Labute approximate surface area is 131 Å². The Hall–Kier alpha value is -1.10. The van der Waals surface area contributed by atoms with Crippen LogP contribution in [0.15, 0.2) is 0 Å². The lowest BCUT2D eigenvalue weighted by Gasteiger charge is -2.41. The van der Waals surface area contributed by atoms with Crippen molar-refractivity contribution in [2.24, 2.45) is 23.5 Å². The van der Waals surface area contributed by atoms with Gasteiger partial charge in [0.1, 0.15) is 5.60 Å². The van der Waals surface area contributed by atoms with E-state index < -0.39 is 5.60 Å². The maximum absolute atomic E-state index is 13.1. The van der Waals surface area contributed by atoms with Gasteiger partial charge in [0.25, 0.3) is 0 Å². The molecule has 4 atom stereocenters. The SMILES string of the molecule is NC1[C@@H]2CC[C@H]1CN(C(=O)C1CC(=O)OC13CCCCC3)C2. The first-order valence-corrected chi connectivity index (χ1v) is 8.85. The monoisotopic (exact) mass is 306 g/mol. The van der Waals surface area contributed by atoms with Crippen molar-refractivity contribution in [1.82, 2.24) is 4.90 Å². The Kier molecular flexibility index (Phi) is 3.44. The van der Waals surface area contributed by atoms with Crippen LogP contribution in [0.4, 0.5) is 0 Å². The summed E-state index contributed by atoms with van der Waals surface area (Å²) in [7, 11) is 0. The zero-order chi connectivity index (χ0) is 15.3. The second-order valence-corrected chi connectivity index (χ2v) is 7.77. The summed E-state index contributed by atoms with van der Waals surface area (Å²) < 4.78 is 5.69. The van der Waals surface area contributed by atoms with Crippen molar-refractivity contribution >= 4 is 11.9 Å². The van der Waals surface area contributed by atoms with E-state index in [4.69, 9.17) is 10.5 Å². The van der Waals surface area contributed by atoms with Crippen LogP contribution in [0.2, 0.25) is 0 Å². The fourth-order valence-corrected chi connectivity index (χ4v) is 5.27. The summed E-state index contributed by atoms with van der Waals surface area (Å²) in [5.74, 6) is 0.605. The standard InChI is InChI=1S/C17H26N2O3/c18-15-11-4-5-12(15)10-19(9-11)16(21)13-8-14(20)22-17(13)6-2-1-3-7-17/h11-13,15H,1-10,18H2/t11-,12+,13?,15?. The molecule has 2 unspecified atom stereocenters. The first-order chi connectivity index (χ1) is 10.6. The van der Waals surface area contributed by atoms with Crippen molar-refractivity contribution in [2.75, 3.05) is 13.1 Å². The number of carbonyl (C=O) groups is 2. The number of nitrogens with zero attached hydrogens (tertiary/aromatic N) is 1. The predicted molar refractivity (Wildman–Crippen MR) is 80.8 cm³/mol. The number of piperidine rings is 1. The quantitative estimate of drug-likeness (QED) is 0.744. The molecule has 2 saturated carbocycles. The zero-order valence-corrected chi connectivity index (χ0v) is 13.1. The van der Waals surface area contributed by atoms with Crippen molar-refractivity contribution in [1.29, 1.82) is 0 Å². The molecule has 2 aliphatic heterocycles. The van der Waals surface area contributed by atoms with E-state index in [0.717, 1.165) is 51.6 Å². The van der Waals surface area contributed by atoms with Crippen molar-refractivity contribution < 1.29 is 14.3 Å². The molecule has 2 N–H and O–H groups in total. The van der Waals surface area contributed by atoms with Crippen LogP contribution in [0, 0.1) is 17.8 Å². The lowest BCUT2D eigenvalue weighted by Crippen LogP contribution is -2.54. The summed E-state index contributed by atoms with van der Waals surface area (Å²) in [5.41, 5.74) is 5.75. The molecule has 2 aliphatic carbocycles. The highest BCUT2D eigenvalue weighted by atomic mass is 16.6. The summed E-state index contributed by atoms with van der Waals surface area (Å²) in [6.07, 6.45) is 7.58. The number of hydrogen-bond donors (Lipinski definition) is 1. The average molecular weight is 306 g/mol. The molecule has 2 bridgehead atoms. The Morgan fingerprint density at radius 3 is 2.41 bits per heavy atom. The lowest BCUT2D eigenvalue weighted by atomic mass is 9.75. The molecule has 1 spiro atoms. The molecule has 5 nitrogen and oxygen atoms in total. The minimum Gasteiger partial charge on any atom is -0.458 e. The Balaban J connectivity index is 1.53. The van der Waals surface area contributed by atoms with Gasteiger partial charge in [-0.1, -0.05) is 6.42 Å². The topological polar surface area (TPSA) is 72.6 Å². The molecule has 0 aromatic heterocycles. The molecule has 4 fully saturated rings. The van der Waals surface area contributed by atoms with Crippen LogP contribution in [0.5, 0.6) is 0 Å². The van der Waals surface area contributed by atoms with Gasteiger partial charge in [-0.15, -0.1) is 0 Å². The minimum atomic E-state index is -0.495. The fraction of sp³-hybridized carbons (Fsp3) is 0.882. The second kappa shape index (κ2) is 5.22. The summed E-state index contributed by atoms with van der Waals surface area (Å²) >= 11 is 0. The molecule has 4 aliphatic rings. The van der Waals surface area contributed by atoms with E-state index in [0.29, 0.717) is 11.8 Å². The Bertz CT molecular complexity index is 472. The lowest BCUT2D eigenvalue weighted by molar-refractivity contribution is -0.156. The number of esters is 1. The normalized spacial score (nSPS) is 40.0. The number of amides is 1. The number of carbonyl (C=O) groups excluding carboxylic acids is 2. The molecule has 4 rings (SSSR count). The third-order valence-electron chi connectivity index (χ3n) is 6.54. The van der Waals surface area contributed by atoms with E-state index in [1.54, 1.807) is 0 Å². The number of rotatable bonds is 1. The van der Waals surface area contributed by atoms with Gasteiger partial charge in [-0.05, 0) is 50.4 Å². The molecular weight excluding hydrogens is 280 g/mol. The number of hydrogen-bond acceptors (Lipinski definition) is 4. The zero-order valence-electron chi connectivity index (χ0n) is 13.1. The molecule has 2 heterocycles. The van der Waals surface area contributed by atoms with Crippen LogP contribution in [0.1, 0.15) is 51.4 Å². The van der Waals surface area contributed by atoms with Crippen LogP contribution >= 0.6 is 0 Å². The van der Waals surface area contributed by atoms with Gasteiger partial charge in [0.2, 0.25) is 5.91 Å². The van der Waals surface area contributed by atoms with E-state index >= 15 is 0 Å². The van der Waals surface area contributed by atoms with Crippen molar-refractivity contribution in [3.63, 3.8) is 0 Å². The Morgan fingerprint density at radius 1 is 1.14 bits per heavy atom. The molecule has 2 saturated heterocycles. The molecule has 122 valence electrons. The highest BCUT2D eigenvalue weighted by molar-refractivity contribution is 5.88. The second-order valence-electron chi connectivity index (χ2n) is 7.77. The molecule has 0 radical (unpaired) electrons. The number of likely N-dealkylation sites (tertiary alicyclic amines) is 1. The van der Waals surface area contributed by atoms with E-state index in [1.807, 2.05) is 4.90 Å². The van der Waals surface area contributed by atoms with Gasteiger partial charge in [-0.25, -0.2) is 0 Å². The van der Waals surface area contributed by atoms with Gasteiger partial charge in [0.15, 0.2) is 0 Å². The van der Waals surface area contributed by atoms with E-state index in [-0.39, 0.29) is 30.3 Å². The van der Waals surface area contributed by atoms with Gasteiger partial charge in [-0.3, -0.25) is 9.59 Å². The van der Waals surface area contributed by atoms with E-state index in [2.05, 4.69) is 0 Å². The first kappa shape index (κ1) is 14.5. The molecule has 0 aromatic carbocycles. The van der Waals surface area contributed by atoms with Crippen LogP contribution in [0.3, 0.4) is 0 Å². The van der Waals surface area contributed by atoms with Gasteiger partial charge in [-0.2, -0.15) is 0 Å². The third kappa shape index (κ3) is 2.16. The van der Waals surface area contributed by atoms with Gasteiger partial charge in [0, 0.05) is 19.1 Å². The largest absolute Gasteiger partial charge is 0.458 e. The Morgan fingerprint density at radius 2 is 1.77 bits per heavy atom. The highest BCUT2D eigenvalue weighted by Crippen LogP contribution is 2.46.